The van der Waals surface area contributed by atoms with Gasteiger partial charge < -0.3 is 19.6 Å². The standard InChI is InChI=1S/C23H26N2O4/c1-15-22(20-11-19(28-2)7-8-21(20)29-15)23(27)24-12-16-5-3-4-6-17(16)13-25-10-9-18(26)14-25/h3-8,11,18,26H,9-10,12-14H2,1-2H3,(H,24,27). The van der Waals surface area contributed by atoms with Gasteiger partial charge in [-0.15, -0.1) is 0 Å². The molecular weight excluding hydrogens is 368 g/mol. The van der Waals surface area contributed by atoms with Crippen molar-refractivity contribution in [2.24, 2.45) is 0 Å². The van der Waals surface area contributed by atoms with Crippen molar-refractivity contribution in [1.29, 1.82) is 0 Å². The van der Waals surface area contributed by atoms with Crippen molar-refractivity contribution in [3.05, 3.63) is 64.9 Å². The van der Waals surface area contributed by atoms with Crippen molar-refractivity contribution in [1.82, 2.24) is 10.2 Å². The molecule has 152 valence electrons. The van der Waals surface area contributed by atoms with E-state index >= 15 is 0 Å². The van der Waals surface area contributed by atoms with Gasteiger partial charge in [-0.3, -0.25) is 9.69 Å². The molecule has 1 saturated heterocycles. The first-order valence-corrected chi connectivity index (χ1v) is 9.87. The van der Waals surface area contributed by atoms with Crippen molar-refractivity contribution < 1.29 is 19.1 Å². The number of carbonyl (C=O) groups excluding carboxylic acids is 1. The van der Waals surface area contributed by atoms with Gasteiger partial charge in [0.05, 0.1) is 18.8 Å². The number of furan rings is 1. The number of hydrogen-bond donors (Lipinski definition) is 2. The smallest absolute Gasteiger partial charge is 0.255 e. The van der Waals surface area contributed by atoms with Crippen LogP contribution in [0.25, 0.3) is 11.0 Å². The molecule has 6 heteroatoms. The molecule has 29 heavy (non-hydrogen) atoms. The monoisotopic (exact) mass is 394 g/mol. The summed E-state index contributed by atoms with van der Waals surface area (Å²) in [5.74, 6) is 1.11. The topological polar surface area (TPSA) is 74.9 Å². The van der Waals surface area contributed by atoms with Crippen LogP contribution in [0.1, 0.15) is 33.7 Å². The lowest BCUT2D eigenvalue weighted by atomic mass is 10.1. The maximum absolute atomic E-state index is 13.0. The van der Waals surface area contributed by atoms with E-state index in [0.29, 0.717) is 35.7 Å². The Morgan fingerprint density at radius 3 is 2.79 bits per heavy atom. The van der Waals surface area contributed by atoms with Gasteiger partial charge >= 0.3 is 0 Å². The number of likely N-dealkylation sites (tertiary alicyclic amines) is 1. The molecule has 0 bridgehead atoms. The Hall–Kier alpha value is -2.83. The van der Waals surface area contributed by atoms with Crippen LogP contribution in [0, 0.1) is 6.92 Å². The van der Waals surface area contributed by atoms with Crippen LogP contribution in [0.4, 0.5) is 0 Å². The summed E-state index contributed by atoms with van der Waals surface area (Å²) in [6.45, 7) is 4.59. The average Bonchev–Trinajstić information content (AvgIpc) is 3.28. The van der Waals surface area contributed by atoms with Crippen LogP contribution in [-0.2, 0) is 13.1 Å². The van der Waals surface area contributed by atoms with Crippen LogP contribution in [0.15, 0.2) is 46.9 Å². The highest BCUT2D eigenvalue weighted by Gasteiger charge is 2.22. The molecule has 6 nitrogen and oxygen atoms in total. The molecule has 1 unspecified atom stereocenters. The lowest BCUT2D eigenvalue weighted by molar-refractivity contribution is 0.0950. The SMILES string of the molecule is COc1ccc2oc(C)c(C(=O)NCc3ccccc3CN3CCC(O)C3)c2c1. The number of benzene rings is 2. The van der Waals surface area contributed by atoms with E-state index in [1.165, 1.54) is 0 Å². The van der Waals surface area contributed by atoms with Gasteiger partial charge in [0.1, 0.15) is 17.1 Å². The Kier molecular flexibility index (Phi) is 5.56. The summed E-state index contributed by atoms with van der Waals surface area (Å²) in [7, 11) is 1.60. The van der Waals surface area contributed by atoms with Gasteiger partial charge in [-0.2, -0.15) is 0 Å². The number of rotatable bonds is 6. The van der Waals surface area contributed by atoms with Gasteiger partial charge in [0.25, 0.3) is 5.91 Å². The fourth-order valence-corrected chi connectivity index (χ4v) is 3.95. The van der Waals surface area contributed by atoms with Crippen LogP contribution in [-0.4, -0.2) is 42.2 Å². The van der Waals surface area contributed by atoms with Gasteiger partial charge in [0.15, 0.2) is 0 Å². The Balaban J connectivity index is 1.51. The van der Waals surface area contributed by atoms with Gasteiger partial charge in [-0.05, 0) is 42.7 Å². The summed E-state index contributed by atoms with van der Waals surface area (Å²) in [5.41, 5.74) is 3.45. The summed E-state index contributed by atoms with van der Waals surface area (Å²) in [6.07, 6.45) is 0.575. The number of methoxy groups -OCH3 is 1. The molecule has 2 N–H and O–H groups in total. The molecule has 0 spiro atoms. The van der Waals surface area contributed by atoms with Gasteiger partial charge in [0.2, 0.25) is 0 Å². The summed E-state index contributed by atoms with van der Waals surface area (Å²) in [4.78, 5) is 15.2. The molecule has 1 aliphatic heterocycles. The van der Waals surface area contributed by atoms with Crippen molar-refractivity contribution in [2.45, 2.75) is 32.5 Å². The van der Waals surface area contributed by atoms with E-state index in [2.05, 4.69) is 16.3 Å². The van der Waals surface area contributed by atoms with Crippen molar-refractivity contribution in [3.8, 4) is 5.75 Å². The number of β-amino-alcohol motifs (C(OH)–C–C–N with tert-alkyl or cyclic N) is 1. The molecular formula is C23H26N2O4. The summed E-state index contributed by atoms with van der Waals surface area (Å²) in [5, 5.41) is 13.5. The molecule has 1 amide bonds. The van der Waals surface area contributed by atoms with Crippen molar-refractivity contribution >= 4 is 16.9 Å². The Morgan fingerprint density at radius 2 is 2.07 bits per heavy atom. The summed E-state index contributed by atoms with van der Waals surface area (Å²) >= 11 is 0. The number of nitrogens with one attached hydrogen (secondary N) is 1. The maximum Gasteiger partial charge on any atom is 0.255 e. The fourth-order valence-electron chi connectivity index (χ4n) is 3.95. The number of ether oxygens (including phenoxy) is 1. The first-order valence-electron chi connectivity index (χ1n) is 9.87. The third kappa shape index (κ3) is 4.13. The first kappa shape index (κ1) is 19.5. The molecule has 1 fully saturated rings. The van der Waals surface area contributed by atoms with E-state index in [1.54, 1.807) is 14.0 Å². The number of carbonyl (C=O) groups is 1. The number of aryl methyl sites for hydroxylation is 1. The third-order valence-corrected chi connectivity index (χ3v) is 5.50. The first-order chi connectivity index (χ1) is 14.0. The molecule has 3 aromatic rings. The molecule has 1 aromatic heterocycles. The third-order valence-electron chi connectivity index (χ3n) is 5.50. The van der Waals surface area contributed by atoms with Gasteiger partial charge in [-0.25, -0.2) is 0 Å². The van der Waals surface area contributed by atoms with Crippen LogP contribution in [0.5, 0.6) is 5.75 Å². The number of hydrogen-bond acceptors (Lipinski definition) is 5. The van der Waals surface area contributed by atoms with E-state index in [-0.39, 0.29) is 12.0 Å². The van der Waals surface area contributed by atoms with Gasteiger partial charge in [0, 0.05) is 31.6 Å². The largest absolute Gasteiger partial charge is 0.497 e. The molecule has 4 rings (SSSR count). The molecule has 2 aromatic carbocycles. The second-order valence-electron chi connectivity index (χ2n) is 7.52. The Labute approximate surface area is 170 Å². The number of amides is 1. The minimum absolute atomic E-state index is 0.166. The predicted molar refractivity (Wildman–Crippen MR) is 111 cm³/mol. The number of nitrogens with zero attached hydrogens (tertiary/aromatic N) is 1. The van der Waals surface area contributed by atoms with E-state index in [4.69, 9.17) is 9.15 Å². The highest BCUT2D eigenvalue weighted by molar-refractivity contribution is 6.07. The number of fused-ring (bicyclic) bond motifs is 1. The Morgan fingerprint density at radius 1 is 1.28 bits per heavy atom. The van der Waals surface area contributed by atoms with Crippen LogP contribution < -0.4 is 10.1 Å². The van der Waals surface area contributed by atoms with E-state index < -0.39 is 0 Å². The van der Waals surface area contributed by atoms with E-state index in [0.717, 1.165) is 36.0 Å². The molecule has 0 saturated carbocycles. The van der Waals surface area contributed by atoms with Crippen LogP contribution in [0.3, 0.4) is 0 Å². The van der Waals surface area contributed by atoms with Crippen molar-refractivity contribution in [3.63, 3.8) is 0 Å². The number of aliphatic hydroxyl groups excluding tert-OH is 1. The highest BCUT2D eigenvalue weighted by Crippen LogP contribution is 2.29. The molecule has 0 radical (unpaired) electrons. The van der Waals surface area contributed by atoms with Crippen LogP contribution >= 0.6 is 0 Å². The molecule has 0 aliphatic carbocycles. The minimum Gasteiger partial charge on any atom is -0.497 e. The maximum atomic E-state index is 13.0. The predicted octanol–water partition coefficient (Wildman–Crippen LogP) is 3.25. The Bertz CT molecular complexity index is 1030. The van der Waals surface area contributed by atoms with E-state index in [9.17, 15) is 9.90 Å². The van der Waals surface area contributed by atoms with Gasteiger partial charge in [-0.1, -0.05) is 24.3 Å². The molecule has 1 aliphatic rings. The van der Waals surface area contributed by atoms with E-state index in [1.807, 2.05) is 36.4 Å². The zero-order valence-corrected chi connectivity index (χ0v) is 16.8. The normalized spacial score (nSPS) is 17.0. The number of aliphatic hydroxyl groups is 1. The highest BCUT2D eigenvalue weighted by atomic mass is 16.5. The lowest BCUT2D eigenvalue weighted by Crippen LogP contribution is -2.26. The van der Waals surface area contributed by atoms with Crippen molar-refractivity contribution in [2.75, 3.05) is 20.2 Å². The molecule has 2 heterocycles. The lowest BCUT2D eigenvalue weighted by Gasteiger charge is -2.18. The second kappa shape index (κ2) is 8.27. The fraction of sp³-hybridized carbons (Fsp3) is 0.348. The molecule has 1 atom stereocenters. The second-order valence-corrected chi connectivity index (χ2v) is 7.52. The minimum atomic E-state index is -0.240. The van der Waals surface area contributed by atoms with Crippen LogP contribution in [0.2, 0.25) is 0 Å². The average molecular weight is 394 g/mol. The zero-order valence-electron chi connectivity index (χ0n) is 16.8. The summed E-state index contributed by atoms with van der Waals surface area (Å²) < 4.78 is 11.0. The quantitative estimate of drug-likeness (QED) is 0.671. The summed E-state index contributed by atoms with van der Waals surface area (Å²) in [6, 6.07) is 13.6. The zero-order chi connectivity index (χ0) is 20.4.